The fourth-order valence-corrected chi connectivity index (χ4v) is 2.43. The second kappa shape index (κ2) is 6.67. The number of rotatable bonds is 4. The number of halogens is 3. The van der Waals surface area contributed by atoms with Gasteiger partial charge in [0, 0.05) is 11.1 Å². The van der Waals surface area contributed by atoms with Gasteiger partial charge in [-0.2, -0.15) is 18.2 Å². The topological polar surface area (TPSA) is 77.8 Å². The van der Waals surface area contributed by atoms with Gasteiger partial charge in [-0.05, 0) is 24.3 Å². The maximum Gasteiger partial charge on any atom is 0.416 e. The van der Waals surface area contributed by atoms with Crippen molar-refractivity contribution in [1.82, 2.24) is 20.3 Å². The van der Waals surface area contributed by atoms with Gasteiger partial charge in [-0.3, -0.25) is 0 Å². The molecule has 0 unspecified atom stereocenters. The zero-order valence-electron chi connectivity index (χ0n) is 13.6. The van der Waals surface area contributed by atoms with Crippen LogP contribution in [0.2, 0.25) is 0 Å². The minimum Gasteiger partial charge on any atom is -0.420 e. The largest absolute Gasteiger partial charge is 0.420 e. The third kappa shape index (κ3) is 3.71. The molecule has 0 aliphatic rings. The lowest BCUT2D eigenvalue weighted by atomic mass is 10.1. The first-order valence-electron chi connectivity index (χ1n) is 7.87. The molecule has 0 bridgehead atoms. The lowest BCUT2D eigenvalue weighted by Gasteiger charge is -2.06. The van der Waals surface area contributed by atoms with Crippen LogP contribution >= 0.6 is 0 Å². The van der Waals surface area contributed by atoms with Gasteiger partial charge in [0.2, 0.25) is 23.5 Å². The number of nitrogens with zero attached hydrogens (tertiary/aromatic N) is 4. The highest BCUT2D eigenvalue weighted by Gasteiger charge is 2.30. The average Bonchev–Trinajstić information content (AvgIpc) is 3.32. The fraction of sp³-hybridized carbons (Fsp3) is 0.111. The predicted molar refractivity (Wildman–Crippen MR) is 87.3 cm³/mol. The third-order valence-corrected chi connectivity index (χ3v) is 3.71. The summed E-state index contributed by atoms with van der Waals surface area (Å²) in [5, 5.41) is 11.6. The Morgan fingerprint density at radius 2 is 1.63 bits per heavy atom. The van der Waals surface area contributed by atoms with Crippen molar-refractivity contribution in [3.63, 3.8) is 0 Å². The Bertz CT molecular complexity index is 1060. The Morgan fingerprint density at radius 1 is 0.852 bits per heavy atom. The van der Waals surface area contributed by atoms with Crippen LogP contribution in [0.15, 0.2) is 63.5 Å². The molecule has 136 valence electrons. The Balaban J connectivity index is 1.53. The second-order valence-electron chi connectivity index (χ2n) is 5.63. The maximum atomic E-state index is 12.8. The highest BCUT2D eigenvalue weighted by atomic mass is 19.4. The Labute approximate surface area is 150 Å². The van der Waals surface area contributed by atoms with E-state index < -0.39 is 11.7 Å². The van der Waals surface area contributed by atoms with Crippen molar-refractivity contribution in [1.29, 1.82) is 0 Å². The number of alkyl halides is 3. The fourth-order valence-electron chi connectivity index (χ4n) is 2.43. The van der Waals surface area contributed by atoms with E-state index in [1.807, 2.05) is 30.3 Å². The van der Waals surface area contributed by atoms with E-state index in [9.17, 15) is 13.2 Å². The van der Waals surface area contributed by atoms with E-state index in [0.717, 1.165) is 17.7 Å². The van der Waals surface area contributed by atoms with E-state index in [4.69, 9.17) is 8.94 Å². The van der Waals surface area contributed by atoms with Crippen LogP contribution in [0.1, 0.15) is 17.3 Å². The van der Waals surface area contributed by atoms with Crippen molar-refractivity contribution in [2.45, 2.75) is 12.6 Å². The molecule has 4 rings (SSSR count). The molecule has 2 heterocycles. The molecule has 0 radical (unpaired) electrons. The summed E-state index contributed by atoms with van der Waals surface area (Å²) in [6.45, 7) is 0. The summed E-state index contributed by atoms with van der Waals surface area (Å²) in [7, 11) is 0. The zero-order valence-corrected chi connectivity index (χ0v) is 13.6. The molecule has 0 aliphatic carbocycles. The van der Waals surface area contributed by atoms with Gasteiger partial charge in [-0.1, -0.05) is 35.5 Å². The van der Waals surface area contributed by atoms with Crippen LogP contribution in [0, 0.1) is 0 Å². The smallest absolute Gasteiger partial charge is 0.416 e. The lowest BCUT2D eigenvalue weighted by Crippen LogP contribution is -2.04. The molecule has 4 aromatic rings. The summed E-state index contributed by atoms with van der Waals surface area (Å²) in [6.07, 6.45) is -4.37. The predicted octanol–water partition coefficient (Wildman–Crippen LogP) is 4.40. The van der Waals surface area contributed by atoms with Gasteiger partial charge < -0.3 is 8.94 Å². The molecule has 6 nitrogen and oxygen atoms in total. The SMILES string of the molecule is FC(F)(F)c1cccc(-c2noc(Cc3nnc(-c4ccccc4)o3)n2)c1. The van der Waals surface area contributed by atoms with Crippen molar-refractivity contribution in [2.24, 2.45) is 0 Å². The van der Waals surface area contributed by atoms with Gasteiger partial charge in [0.15, 0.2) is 0 Å². The van der Waals surface area contributed by atoms with E-state index in [2.05, 4.69) is 20.3 Å². The summed E-state index contributed by atoms with van der Waals surface area (Å²) in [5.74, 6) is 0.820. The van der Waals surface area contributed by atoms with E-state index in [-0.39, 0.29) is 29.6 Å². The third-order valence-electron chi connectivity index (χ3n) is 3.71. The Kier molecular flexibility index (Phi) is 4.19. The molecule has 0 fully saturated rings. The minimum absolute atomic E-state index is 0.0545. The van der Waals surface area contributed by atoms with Gasteiger partial charge in [0.25, 0.3) is 0 Å². The normalized spacial score (nSPS) is 11.7. The summed E-state index contributed by atoms with van der Waals surface area (Å²) in [6, 6.07) is 13.9. The van der Waals surface area contributed by atoms with Crippen LogP contribution in [0.5, 0.6) is 0 Å². The van der Waals surface area contributed by atoms with Crippen molar-refractivity contribution in [3.8, 4) is 22.8 Å². The zero-order chi connectivity index (χ0) is 18.9. The van der Waals surface area contributed by atoms with Crippen LogP contribution in [-0.4, -0.2) is 20.3 Å². The van der Waals surface area contributed by atoms with Crippen molar-refractivity contribution in [3.05, 3.63) is 71.9 Å². The molecular weight excluding hydrogens is 361 g/mol. The van der Waals surface area contributed by atoms with Crippen molar-refractivity contribution < 1.29 is 22.1 Å². The van der Waals surface area contributed by atoms with Gasteiger partial charge in [-0.25, -0.2) is 0 Å². The molecule has 9 heteroatoms. The minimum atomic E-state index is -4.44. The first-order valence-corrected chi connectivity index (χ1v) is 7.87. The molecule has 0 N–H and O–H groups in total. The van der Waals surface area contributed by atoms with Crippen molar-refractivity contribution >= 4 is 0 Å². The standard InChI is InChI=1S/C18H11F3N4O2/c19-18(20,21)13-8-4-7-12(9-13)16-22-14(27-25-16)10-15-23-24-17(26-15)11-5-2-1-3-6-11/h1-9H,10H2. The van der Waals surface area contributed by atoms with Crippen molar-refractivity contribution in [2.75, 3.05) is 0 Å². The molecule has 27 heavy (non-hydrogen) atoms. The quantitative estimate of drug-likeness (QED) is 0.528. The lowest BCUT2D eigenvalue weighted by molar-refractivity contribution is -0.137. The Hall–Kier alpha value is -3.49. The molecule has 0 saturated heterocycles. The summed E-state index contributed by atoms with van der Waals surface area (Å²) >= 11 is 0. The molecule has 0 atom stereocenters. The van der Waals surface area contributed by atoms with E-state index in [0.29, 0.717) is 5.89 Å². The van der Waals surface area contributed by atoms with Crippen LogP contribution in [0.25, 0.3) is 22.8 Å². The number of hydrogen-bond acceptors (Lipinski definition) is 6. The second-order valence-corrected chi connectivity index (χ2v) is 5.63. The molecule has 0 aliphatic heterocycles. The molecule has 0 spiro atoms. The molecule has 2 aromatic carbocycles. The first-order chi connectivity index (χ1) is 13.0. The van der Waals surface area contributed by atoms with Gasteiger partial charge in [-0.15, -0.1) is 10.2 Å². The maximum absolute atomic E-state index is 12.8. The monoisotopic (exact) mass is 372 g/mol. The van der Waals surface area contributed by atoms with E-state index in [1.54, 1.807) is 0 Å². The van der Waals surface area contributed by atoms with E-state index >= 15 is 0 Å². The summed E-state index contributed by atoms with van der Waals surface area (Å²) < 4.78 is 49.1. The Morgan fingerprint density at radius 3 is 2.41 bits per heavy atom. The molecular formula is C18H11F3N4O2. The van der Waals surface area contributed by atoms with Crippen LogP contribution in [0.3, 0.4) is 0 Å². The molecule has 0 amide bonds. The van der Waals surface area contributed by atoms with Crippen LogP contribution in [-0.2, 0) is 12.6 Å². The summed E-state index contributed by atoms with van der Waals surface area (Å²) in [5.41, 5.74) is 0.192. The first kappa shape index (κ1) is 17.0. The van der Waals surface area contributed by atoms with E-state index in [1.165, 1.54) is 12.1 Å². The number of benzene rings is 2. The average molecular weight is 372 g/mol. The van der Waals surface area contributed by atoms with Gasteiger partial charge >= 0.3 is 6.18 Å². The summed E-state index contributed by atoms with van der Waals surface area (Å²) in [4.78, 5) is 4.11. The molecule has 2 aromatic heterocycles. The van der Waals surface area contributed by atoms with Crippen LogP contribution < -0.4 is 0 Å². The van der Waals surface area contributed by atoms with Crippen LogP contribution in [0.4, 0.5) is 13.2 Å². The van der Waals surface area contributed by atoms with Gasteiger partial charge in [0.05, 0.1) is 5.56 Å². The van der Waals surface area contributed by atoms with Gasteiger partial charge in [0.1, 0.15) is 6.42 Å². The highest BCUT2D eigenvalue weighted by Crippen LogP contribution is 2.31. The number of aromatic nitrogens is 4. The highest BCUT2D eigenvalue weighted by molar-refractivity contribution is 5.56. The number of hydrogen-bond donors (Lipinski definition) is 0. The molecule has 0 saturated carbocycles.